The monoisotopic (exact) mass is 264 g/mol. The first-order valence-corrected chi connectivity index (χ1v) is 7.16. The Hall–Kier alpha value is -1.31. The highest BCUT2D eigenvalue weighted by Crippen LogP contribution is 2.12. The molecule has 108 valence electrons. The maximum absolute atomic E-state index is 11.2. The number of allylic oxidation sites excluding steroid dienone is 5. The second-order valence-electron chi connectivity index (χ2n) is 5.02. The van der Waals surface area contributed by atoms with Gasteiger partial charge in [0.1, 0.15) is 0 Å². The van der Waals surface area contributed by atoms with Crippen LogP contribution in [0.3, 0.4) is 0 Å². The molecule has 1 unspecified atom stereocenters. The first kappa shape index (κ1) is 17.7. The van der Waals surface area contributed by atoms with Gasteiger partial charge < -0.3 is 4.74 Å². The van der Waals surface area contributed by atoms with E-state index in [1.165, 1.54) is 11.6 Å². The van der Waals surface area contributed by atoms with Crippen molar-refractivity contribution < 1.29 is 9.53 Å². The average Bonchev–Trinajstić information content (AvgIpc) is 2.36. The van der Waals surface area contributed by atoms with Crippen LogP contribution in [0.4, 0.5) is 0 Å². The van der Waals surface area contributed by atoms with Crippen molar-refractivity contribution >= 4 is 5.97 Å². The Labute approximate surface area is 118 Å². The Balaban J connectivity index is 4.10. The lowest BCUT2D eigenvalue weighted by Crippen LogP contribution is -1.99. The third-order valence-electron chi connectivity index (χ3n) is 2.98. The molecule has 0 radical (unpaired) electrons. The summed E-state index contributed by atoms with van der Waals surface area (Å²) in [6.07, 6.45) is 11.2. The van der Waals surface area contributed by atoms with Crippen LogP contribution in [0.5, 0.6) is 0 Å². The Morgan fingerprint density at radius 3 is 2.47 bits per heavy atom. The van der Waals surface area contributed by atoms with Gasteiger partial charge >= 0.3 is 5.97 Å². The van der Waals surface area contributed by atoms with E-state index in [-0.39, 0.29) is 5.97 Å². The highest BCUT2D eigenvalue weighted by Gasteiger charge is 1.98. The van der Waals surface area contributed by atoms with Crippen LogP contribution in [0.25, 0.3) is 0 Å². The molecule has 0 aromatic rings. The van der Waals surface area contributed by atoms with Crippen LogP contribution in [-0.4, -0.2) is 12.6 Å². The lowest BCUT2D eigenvalue weighted by molar-refractivity contribution is -0.137. The highest BCUT2D eigenvalue weighted by molar-refractivity contribution is 5.83. The van der Waals surface area contributed by atoms with E-state index in [1.807, 2.05) is 19.9 Å². The summed E-state index contributed by atoms with van der Waals surface area (Å²) < 4.78 is 4.86. The van der Waals surface area contributed by atoms with Gasteiger partial charge in [-0.2, -0.15) is 0 Å². The number of ether oxygens (including phenoxy) is 1. The second-order valence-corrected chi connectivity index (χ2v) is 5.02. The van der Waals surface area contributed by atoms with Crippen LogP contribution in [0.15, 0.2) is 35.5 Å². The molecule has 0 N–H and O–H groups in total. The third-order valence-corrected chi connectivity index (χ3v) is 2.98. The molecule has 2 heteroatoms. The number of rotatable bonds is 8. The lowest BCUT2D eigenvalue weighted by atomic mass is 10.0. The smallest absolute Gasteiger partial charge is 0.330 e. The van der Waals surface area contributed by atoms with Gasteiger partial charge in [0.2, 0.25) is 0 Å². The van der Waals surface area contributed by atoms with Gasteiger partial charge in [-0.25, -0.2) is 4.79 Å². The highest BCUT2D eigenvalue weighted by atomic mass is 16.5. The Kier molecular flexibility index (Phi) is 9.87. The van der Waals surface area contributed by atoms with Crippen LogP contribution >= 0.6 is 0 Å². The summed E-state index contributed by atoms with van der Waals surface area (Å²) >= 11 is 0. The Bertz CT molecular complexity index is 348. The first-order chi connectivity index (χ1) is 8.99. The molecule has 0 aliphatic carbocycles. The number of esters is 1. The van der Waals surface area contributed by atoms with Crippen LogP contribution in [-0.2, 0) is 9.53 Å². The molecule has 0 rings (SSSR count). The van der Waals surface area contributed by atoms with Crippen molar-refractivity contribution in [3.05, 3.63) is 35.5 Å². The summed E-state index contributed by atoms with van der Waals surface area (Å²) in [5, 5.41) is 0. The van der Waals surface area contributed by atoms with Gasteiger partial charge in [0.05, 0.1) is 6.61 Å². The zero-order chi connectivity index (χ0) is 14.7. The molecule has 0 aliphatic rings. The fourth-order valence-electron chi connectivity index (χ4n) is 1.55. The summed E-state index contributed by atoms with van der Waals surface area (Å²) in [7, 11) is 0. The Morgan fingerprint density at radius 2 is 1.89 bits per heavy atom. The van der Waals surface area contributed by atoms with Crippen molar-refractivity contribution in [1.29, 1.82) is 0 Å². The predicted octanol–water partition coefficient (Wildman–Crippen LogP) is 4.82. The van der Waals surface area contributed by atoms with Crippen molar-refractivity contribution in [2.45, 2.75) is 53.9 Å². The van der Waals surface area contributed by atoms with Gasteiger partial charge in [-0.15, -0.1) is 0 Å². The Morgan fingerprint density at radius 1 is 1.21 bits per heavy atom. The molecular formula is C17H28O2. The summed E-state index contributed by atoms with van der Waals surface area (Å²) in [5.41, 5.74) is 2.39. The van der Waals surface area contributed by atoms with Gasteiger partial charge in [0.25, 0.3) is 0 Å². The van der Waals surface area contributed by atoms with E-state index >= 15 is 0 Å². The normalized spacial score (nSPS) is 14.8. The lowest BCUT2D eigenvalue weighted by Gasteiger charge is -2.05. The van der Waals surface area contributed by atoms with Crippen molar-refractivity contribution in [3.63, 3.8) is 0 Å². The molecule has 0 aromatic carbocycles. The van der Waals surface area contributed by atoms with Gasteiger partial charge in [-0.1, -0.05) is 37.6 Å². The first-order valence-electron chi connectivity index (χ1n) is 7.16. The molecule has 1 atom stereocenters. The fraction of sp³-hybridized carbons (Fsp3) is 0.588. The minimum atomic E-state index is -0.265. The molecule has 0 spiro atoms. The summed E-state index contributed by atoms with van der Waals surface area (Å²) in [6.45, 7) is 10.7. The van der Waals surface area contributed by atoms with E-state index < -0.39 is 0 Å². The van der Waals surface area contributed by atoms with Crippen molar-refractivity contribution in [3.8, 4) is 0 Å². The molecule has 0 saturated heterocycles. The molecule has 0 heterocycles. The SMILES string of the molecule is CCOC(=O)C=C(C)C=CCC(C)CC=C(C)CC. The standard InChI is InChI=1S/C17H28O2/c1-6-14(3)11-12-15(4)9-8-10-16(5)13-17(18)19-7-2/h8,10-11,13,15H,6-7,9,12H2,1-5H3. The number of carbonyl (C=O) groups is 1. The van der Waals surface area contributed by atoms with Crippen LogP contribution < -0.4 is 0 Å². The largest absolute Gasteiger partial charge is 0.463 e. The molecule has 0 aliphatic heterocycles. The fourth-order valence-corrected chi connectivity index (χ4v) is 1.55. The topological polar surface area (TPSA) is 26.3 Å². The van der Waals surface area contributed by atoms with Crippen LogP contribution in [0.1, 0.15) is 53.9 Å². The van der Waals surface area contributed by atoms with Crippen molar-refractivity contribution in [2.75, 3.05) is 6.61 Å². The summed E-state index contributed by atoms with van der Waals surface area (Å²) in [6, 6.07) is 0. The van der Waals surface area contributed by atoms with Crippen LogP contribution in [0, 0.1) is 5.92 Å². The maximum Gasteiger partial charge on any atom is 0.330 e. The summed E-state index contributed by atoms with van der Waals surface area (Å²) in [4.78, 5) is 11.2. The minimum Gasteiger partial charge on any atom is -0.463 e. The second kappa shape index (κ2) is 10.6. The maximum atomic E-state index is 11.2. The van der Waals surface area contributed by atoms with E-state index in [4.69, 9.17) is 4.74 Å². The third kappa shape index (κ3) is 10.3. The van der Waals surface area contributed by atoms with E-state index in [1.54, 1.807) is 0 Å². The van der Waals surface area contributed by atoms with Crippen molar-refractivity contribution in [1.82, 2.24) is 0 Å². The quantitative estimate of drug-likeness (QED) is 0.272. The molecule has 0 fully saturated rings. The van der Waals surface area contributed by atoms with Gasteiger partial charge in [0.15, 0.2) is 0 Å². The minimum absolute atomic E-state index is 0.265. The van der Waals surface area contributed by atoms with Gasteiger partial charge in [-0.3, -0.25) is 0 Å². The molecule has 0 amide bonds. The zero-order valence-electron chi connectivity index (χ0n) is 13.0. The molecule has 19 heavy (non-hydrogen) atoms. The molecule has 0 saturated carbocycles. The van der Waals surface area contributed by atoms with E-state index in [9.17, 15) is 4.79 Å². The van der Waals surface area contributed by atoms with E-state index in [2.05, 4.69) is 32.9 Å². The number of hydrogen-bond acceptors (Lipinski definition) is 2. The number of carbonyl (C=O) groups excluding carboxylic acids is 1. The molecule has 2 nitrogen and oxygen atoms in total. The molecular weight excluding hydrogens is 236 g/mol. The van der Waals surface area contributed by atoms with E-state index in [0.29, 0.717) is 12.5 Å². The zero-order valence-corrected chi connectivity index (χ0v) is 13.0. The molecule has 0 bridgehead atoms. The summed E-state index contributed by atoms with van der Waals surface area (Å²) in [5.74, 6) is 0.368. The average molecular weight is 264 g/mol. The molecule has 0 aromatic heterocycles. The predicted molar refractivity (Wildman–Crippen MR) is 82.0 cm³/mol. The van der Waals surface area contributed by atoms with Gasteiger partial charge in [-0.05, 0) is 51.5 Å². The van der Waals surface area contributed by atoms with E-state index in [0.717, 1.165) is 24.8 Å². The van der Waals surface area contributed by atoms with Crippen molar-refractivity contribution in [2.24, 2.45) is 5.92 Å². The number of hydrogen-bond donors (Lipinski definition) is 0. The van der Waals surface area contributed by atoms with Crippen LogP contribution in [0.2, 0.25) is 0 Å². The van der Waals surface area contributed by atoms with Gasteiger partial charge in [0, 0.05) is 6.08 Å².